The Labute approximate surface area is 222 Å². The van der Waals surface area contributed by atoms with E-state index in [2.05, 4.69) is 42.6 Å². The van der Waals surface area contributed by atoms with Crippen molar-refractivity contribution in [3.63, 3.8) is 0 Å². The molecule has 4 rings (SSSR count). The highest BCUT2D eigenvalue weighted by atomic mass is 16.2. The average Bonchev–Trinajstić information content (AvgIpc) is 2.89. The molecule has 0 spiro atoms. The number of nitrogens with zero attached hydrogens (tertiary/aromatic N) is 1. The Morgan fingerprint density at radius 1 is 0.838 bits per heavy atom. The molecule has 194 valence electrons. The molecule has 1 atom stereocenters. The van der Waals surface area contributed by atoms with Gasteiger partial charge in [0.2, 0.25) is 11.8 Å². The number of aryl methyl sites for hydroxylation is 3. The second kappa shape index (κ2) is 12.7. The standard InChI is InChI=1S/C33H40N2O2/c1-24-11-10-14-28(19-24)23-35(32(36)22-29-20-25(2)17-18-26(29)3)31(21-27-12-6-4-7-13-27)33(37)34-30-15-8-5-9-16-30/h4,6-7,10-14,17-20,30-31H,5,8-9,15-16,21-23H2,1-3H3,(H,34,37). The maximum Gasteiger partial charge on any atom is 0.243 e. The largest absolute Gasteiger partial charge is 0.352 e. The summed E-state index contributed by atoms with van der Waals surface area (Å²) in [6.07, 6.45) is 6.31. The molecule has 1 aliphatic carbocycles. The summed E-state index contributed by atoms with van der Waals surface area (Å²) in [7, 11) is 0. The lowest BCUT2D eigenvalue weighted by Crippen LogP contribution is -2.53. The van der Waals surface area contributed by atoms with Gasteiger partial charge in [0, 0.05) is 19.0 Å². The van der Waals surface area contributed by atoms with Crippen LogP contribution in [0.4, 0.5) is 0 Å². The number of hydrogen-bond donors (Lipinski definition) is 1. The molecule has 0 aliphatic heterocycles. The summed E-state index contributed by atoms with van der Waals surface area (Å²) in [5, 5.41) is 3.32. The Kier molecular flexibility index (Phi) is 9.16. The molecule has 3 aromatic carbocycles. The first kappa shape index (κ1) is 26.7. The van der Waals surface area contributed by atoms with Gasteiger partial charge in [-0.1, -0.05) is 103 Å². The molecule has 0 saturated heterocycles. The number of carbonyl (C=O) groups excluding carboxylic acids is 2. The molecule has 1 fully saturated rings. The monoisotopic (exact) mass is 496 g/mol. The molecule has 0 aromatic heterocycles. The van der Waals surface area contributed by atoms with Crippen molar-refractivity contribution in [2.24, 2.45) is 0 Å². The van der Waals surface area contributed by atoms with Crippen molar-refractivity contribution in [1.29, 1.82) is 0 Å². The van der Waals surface area contributed by atoms with E-state index >= 15 is 0 Å². The first-order valence-corrected chi connectivity index (χ1v) is 13.6. The zero-order valence-corrected chi connectivity index (χ0v) is 22.5. The lowest BCUT2D eigenvalue weighted by molar-refractivity contribution is -0.141. The molecule has 4 heteroatoms. The van der Waals surface area contributed by atoms with Crippen LogP contribution in [0.1, 0.15) is 65.5 Å². The van der Waals surface area contributed by atoms with Crippen molar-refractivity contribution in [2.45, 2.75) is 84.3 Å². The van der Waals surface area contributed by atoms with Crippen molar-refractivity contribution in [3.05, 3.63) is 106 Å². The molecule has 0 bridgehead atoms. The quantitative estimate of drug-likeness (QED) is 0.381. The second-order valence-electron chi connectivity index (χ2n) is 10.7. The number of carbonyl (C=O) groups is 2. The van der Waals surface area contributed by atoms with E-state index in [9.17, 15) is 9.59 Å². The fraction of sp³-hybridized carbons (Fsp3) is 0.394. The van der Waals surface area contributed by atoms with E-state index in [1.165, 1.54) is 6.42 Å². The van der Waals surface area contributed by atoms with Gasteiger partial charge in [-0.2, -0.15) is 0 Å². The smallest absolute Gasteiger partial charge is 0.243 e. The van der Waals surface area contributed by atoms with Gasteiger partial charge in [-0.15, -0.1) is 0 Å². The Bertz CT molecular complexity index is 1200. The van der Waals surface area contributed by atoms with E-state index in [0.717, 1.165) is 59.1 Å². The fourth-order valence-corrected chi connectivity index (χ4v) is 5.36. The molecule has 2 amide bonds. The number of benzene rings is 3. The van der Waals surface area contributed by atoms with E-state index < -0.39 is 6.04 Å². The van der Waals surface area contributed by atoms with E-state index in [0.29, 0.717) is 13.0 Å². The number of hydrogen-bond acceptors (Lipinski definition) is 2. The third kappa shape index (κ3) is 7.55. The topological polar surface area (TPSA) is 49.4 Å². The fourth-order valence-electron chi connectivity index (χ4n) is 5.36. The third-order valence-electron chi connectivity index (χ3n) is 7.50. The molecule has 1 unspecified atom stereocenters. The van der Waals surface area contributed by atoms with Gasteiger partial charge >= 0.3 is 0 Å². The lowest BCUT2D eigenvalue weighted by Gasteiger charge is -2.34. The number of amides is 2. The molecule has 0 heterocycles. The number of rotatable bonds is 9. The SMILES string of the molecule is Cc1cccc(CN(C(=O)Cc2cc(C)ccc2C)C(Cc2ccccc2)C(=O)NC2CCCCC2)c1. The summed E-state index contributed by atoms with van der Waals surface area (Å²) >= 11 is 0. The van der Waals surface area contributed by atoms with E-state index in [1.54, 1.807) is 0 Å². The van der Waals surface area contributed by atoms with Crippen LogP contribution < -0.4 is 5.32 Å². The van der Waals surface area contributed by atoms with Gasteiger partial charge in [0.15, 0.2) is 0 Å². The van der Waals surface area contributed by atoms with E-state index in [-0.39, 0.29) is 24.3 Å². The van der Waals surface area contributed by atoms with Crippen LogP contribution >= 0.6 is 0 Å². The van der Waals surface area contributed by atoms with Gasteiger partial charge in [-0.25, -0.2) is 0 Å². The minimum atomic E-state index is -0.581. The minimum absolute atomic E-state index is 0.0186. The van der Waals surface area contributed by atoms with Gasteiger partial charge in [0.1, 0.15) is 6.04 Å². The molecule has 37 heavy (non-hydrogen) atoms. The Morgan fingerprint density at radius 2 is 1.54 bits per heavy atom. The van der Waals surface area contributed by atoms with Crippen LogP contribution in [-0.2, 0) is 29.0 Å². The summed E-state index contributed by atoms with van der Waals surface area (Å²) in [6.45, 7) is 6.56. The highest BCUT2D eigenvalue weighted by molar-refractivity contribution is 5.89. The summed E-state index contributed by atoms with van der Waals surface area (Å²) in [5.74, 6) is -0.0624. The molecule has 1 saturated carbocycles. The molecular weight excluding hydrogens is 456 g/mol. The maximum atomic E-state index is 14.0. The Morgan fingerprint density at radius 3 is 2.27 bits per heavy atom. The maximum absolute atomic E-state index is 14.0. The zero-order valence-electron chi connectivity index (χ0n) is 22.5. The zero-order chi connectivity index (χ0) is 26.2. The first-order valence-electron chi connectivity index (χ1n) is 13.6. The number of nitrogens with one attached hydrogen (secondary N) is 1. The van der Waals surface area contributed by atoms with Crippen LogP contribution in [0.5, 0.6) is 0 Å². The van der Waals surface area contributed by atoms with Crippen LogP contribution in [0.3, 0.4) is 0 Å². The van der Waals surface area contributed by atoms with Crippen molar-refractivity contribution in [2.75, 3.05) is 0 Å². The van der Waals surface area contributed by atoms with Crippen LogP contribution in [0.2, 0.25) is 0 Å². The third-order valence-corrected chi connectivity index (χ3v) is 7.50. The summed E-state index contributed by atoms with van der Waals surface area (Å²) in [5.41, 5.74) is 6.49. The minimum Gasteiger partial charge on any atom is -0.352 e. The molecule has 4 nitrogen and oxygen atoms in total. The van der Waals surface area contributed by atoms with Gasteiger partial charge < -0.3 is 10.2 Å². The Hall–Kier alpha value is -3.40. The van der Waals surface area contributed by atoms with Crippen LogP contribution in [0.25, 0.3) is 0 Å². The predicted molar refractivity (Wildman–Crippen MR) is 150 cm³/mol. The molecule has 1 N–H and O–H groups in total. The van der Waals surface area contributed by atoms with Gasteiger partial charge in [0.25, 0.3) is 0 Å². The van der Waals surface area contributed by atoms with E-state index in [1.807, 2.05) is 61.2 Å². The summed E-state index contributed by atoms with van der Waals surface area (Å²) in [4.78, 5) is 29.7. The van der Waals surface area contributed by atoms with Crippen LogP contribution in [0.15, 0.2) is 72.8 Å². The lowest BCUT2D eigenvalue weighted by atomic mass is 9.94. The second-order valence-corrected chi connectivity index (χ2v) is 10.7. The molecular formula is C33H40N2O2. The normalized spacial score (nSPS) is 14.7. The summed E-state index contributed by atoms with van der Waals surface area (Å²) in [6, 6.07) is 24.1. The molecule has 3 aromatic rings. The average molecular weight is 497 g/mol. The highest BCUT2D eigenvalue weighted by Gasteiger charge is 2.32. The summed E-state index contributed by atoms with van der Waals surface area (Å²) < 4.78 is 0. The van der Waals surface area contributed by atoms with Gasteiger partial charge in [-0.05, 0) is 55.9 Å². The van der Waals surface area contributed by atoms with Crippen molar-refractivity contribution >= 4 is 11.8 Å². The van der Waals surface area contributed by atoms with Crippen LogP contribution in [0, 0.1) is 20.8 Å². The van der Waals surface area contributed by atoms with E-state index in [4.69, 9.17) is 0 Å². The molecule has 0 radical (unpaired) electrons. The first-order chi connectivity index (χ1) is 17.9. The van der Waals surface area contributed by atoms with Crippen molar-refractivity contribution in [3.8, 4) is 0 Å². The van der Waals surface area contributed by atoms with Gasteiger partial charge in [-0.3, -0.25) is 9.59 Å². The molecule has 1 aliphatic rings. The highest BCUT2D eigenvalue weighted by Crippen LogP contribution is 2.21. The predicted octanol–water partition coefficient (Wildman–Crippen LogP) is 6.24. The van der Waals surface area contributed by atoms with Crippen molar-refractivity contribution in [1.82, 2.24) is 10.2 Å². The van der Waals surface area contributed by atoms with Crippen molar-refractivity contribution < 1.29 is 9.59 Å². The Balaban J connectivity index is 1.68. The van der Waals surface area contributed by atoms with Gasteiger partial charge in [0.05, 0.1) is 6.42 Å². The van der Waals surface area contributed by atoms with Crippen LogP contribution in [-0.4, -0.2) is 28.8 Å².